The summed E-state index contributed by atoms with van der Waals surface area (Å²) in [6.45, 7) is 3.63. The number of aryl methyl sites for hydroxylation is 1. The Morgan fingerprint density at radius 3 is 2.79 bits per heavy atom. The van der Waals surface area contributed by atoms with Crippen molar-refractivity contribution in [2.75, 3.05) is 10.7 Å². The number of ether oxygens (including phenoxy) is 1. The zero-order valence-corrected chi connectivity index (χ0v) is 23.7. The van der Waals surface area contributed by atoms with Gasteiger partial charge in [-0.1, -0.05) is 17.7 Å². The van der Waals surface area contributed by atoms with E-state index in [4.69, 9.17) is 25.3 Å². The number of nitrogens with zero attached hydrogens (tertiary/aromatic N) is 3. The Hall–Kier alpha value is -2.94. The fourth-order valence-corrected chi connectivity index (χ4v) is 5.87. The minimum atomic E-state index is -4.07. The zero-order chi connectivity index (χ0) is 28.2. The van der Waals surface area contributed by atoms with E-state index >= 15 is 0 Å². The number of oxazole rings is 1. The van der Waals surface area contributed by atoms with E-state index in [9.17, 15) is 18.3 Å². The highest BCUT2D eigenvalue weighted by Crippen LogP contribution is 2.25. The number of benzene rings is 1. The first-order chi connectivity index (χ1) is 18.6. The number of anilines is 1. The Morgan fingerprint density at radius 2 is 2.13 bits per heavy atom. The molecule has 11 nitrogen and oxygen atoms in total. The van der Waals surface area contributed by atoms with E-state index in [1.165, 1.54) is 22.8 Å². The number of unbranched alkanes of at least 4 members (excludes halogenated alkanes) is 1. The van der Waals surface area contributed by atoms with E-state index in [1.54, 1.807) is 55.6 Å². The van der Waals surface area contributed by atoms with Gasteiger partial charge in [0.1, 0.15) is 11.9 Å². The third kappa shape index (κ3) is 7.38. The van der Waals surface area contributed by atoms with Crippen LogP contribution in [0.2, 0.25) is 5.02 Å². The van der Waals surface area contributed by atoms with Crippen LogP contribution in [-0.4, -0.2) is 56.7 Å². The van der Waals surface area contributed by atoms with E-state index in [-0.39, 0.29) is 24.5 Å². The minimum absolute atomic E-state index is 0.193. The molecule has 210 valence electrons. The quantitative estimate of drug-likeness (QED) is 0.104. The summed E-state index contributed by atoms with van der Waals surface area (Å²) < 4.78 is 44.8. The Labute approximate surface area is 234 Å². The SMILES string of the molecule is CC=C(CC1NC(=S=c2oc3ccc(Cl)cc3n2CCCCS(=O)(=O)O)N(c2ccccn2)C1=O)OC(C)O. The molecule has 0 aliphatic carbocycles. The van der Waals surface area contributed by atoms with Crippen LogP contribution in [0.1, 0.15) is 33.1 Å². The number of aliphatic hydroxyl groups is 1. The number of hydrogen-bond acceptors (Lipinski definition) is 7. The number of allylic oxidation sites excluding steroid dienone is 1. The van der Waals surface area contributed by atoms with Crippen molar-refractivity contribution in [2.24, 2.45) is 0 Å². The monoisotopic (exact) mass is 596 g/mol. The number of carbonyl (C=O) groups is 1. The van der Waals surface area contributed by atoms with Crippen LogP contribution in [0.3, 0.4) is 0 Å². The van der Waals surface area contributed by atoms with E-state index < -0.39 is 22.4 Å². The molecule has 1 saturated heterocycles. The highest BCUT2D eigenvalue weighted by molar-refractivity contribution is 7.91. The van der Waals surface area contributed by atoms with Crippen LogP contribution in [0.4, 0.5) is 5.82 Å². The molecule has 1 aromatic carbocycles. The van der Waals surface area contributed by atoms with Gasteiger partial charge in [-0.25, -0.2) is 9.88 Å². The second kappa shape index (κ2) is 12.5. The van der Waals surface area contributed by atoms with Crippen LogP contribution < -0.4 is 10.2 Å². The predicted molar refractivity (Wildman–Crippen MR) is 150 cm³/mol. The number of nitrogens with one attached hydrogen (secondary N) is 1. The van der Waals surface area contributed by atoms with Crippen molar-refractivity contribution >= 4 is 60.6 Å². The van der Waals surface area contributed by atoms with Crippen molar-refractivity contribution in [1.82, 2.24) is 14.9 Å². The van der Waals surface area contributed by atoms with E-state index in [1.807, 2.05) is 4.57 Å². The summed E-state index contributed by atoms with van der Waals surface area (Å²) in [5.41, 5.74) is 1.26. The number of fused-ring (bicyclic) bond motifs is 1. The van der Waals surface area contributed by atoms with Crippen molar-refractivity contribution in [3.63, 3.8) is 0 Å². The smallest absolute Gasteiger partial charge is 0.264 e. The minimum Gasteiger partial charge on any atom is -0.470 e. The maximum Gasteiger partial charge on any atom is 0.264 e. The molecule has 0 bridgehead atoms. The molecule has 3 heterocycles. The van der Waals surface area contributed by atoms with Gasteiger partial charge in [-0.3, -0.25) is 19.2 Å². The van der Waals surface area contributed by atoms with Crippen molar-refractivity contribution in [1.29, 1.82) is 0 Å². The van der Waals surface area contributed by atoms with Gasteiger partial charge in [-0.2, -0.15) is 8.42 Å². The molecule has 1 aliphatic heterocycles. The van der Waals surface area contributed by atoms with Crippen molar-refractivity contribution in [3.8, 4) is 0 Å². The van der Waals surface area contributed by atoms with Crippen LogP contribution >= 0.6 is 22.5 Å². The predicted octanol–water partition coefficient (Wildman–Crippen LogP) is 3.96. The lowest BCUT2D eigenvalue weighted by Crippen LogP contribution is -2.32. The van der Waals surface area contributed by atoms with Crippen molar-refractivity contribution in [2.45, 2.75) is 52.0 Å². The normalized spacial score (nSPS) is 17.2. The first kappa shape index (κ1) is 29.1. The fourth-order valence-electron chi connectivity index (χ4n) is 4.06. The second-order valence-corrected chi connectivity index (χ2v) is 11.7. The molecule has 4 rings (SSSR count). The molecule has 0 radical (unpaired) electrons. The molecule has 3 N–H and O–H groups in total. The summed E-state index contributed by atoms with van der Waals surface area (Å²) in [6.07, 6.45) is 3.13. The van der Waals surface area contributed by atoms with Gasteiger partial charge in [0.05, 0.1) is 17.0 Å². The molecule has 1 fully saturated rings. The van der Waals surface area contributed by atoms with E-state index in [0.29, 0.717) is 50.6 Å². The first-order valence-electron chi connectivity index (χ1n) is 12.2. The molecule has 14 heteroatoms. The summed E-state index contributed by atoms with van der Waals surface area (Å²) in [5.74, 6) is 0.257. The third-order valence-corrected chi connectivity index (χ3v) is 7.81. The molecule has 2 unspecified atom stereocenters. The first-order valence-corrected chi connectivity index (χ1v) is 15.0. The molecule has 39 heavy (non-hydrogen) atoms. The summed E-state index contributed by atoms with van der Waals surface area (Å²) in [5, 5.41) is 13.9. The van der Waals surface area contributed by atoms with Crippen LogP contribution in [0.15, 0.2) is 58.8 Å². The van der Waals surface area contributed by atoms with Crippen LogP contribution in [-0.2, 0) is 26.2 Å². The van der Waals surface area contributed by atoms with Crippen LogP contribution in [0.5, 0.6) is 0 Å². The van der Waals surface area contributed by atoms with Gasteiger partial charge in [0.15, 0.2) is 17.0 Å². The Balaban J connectivity index is 1.81. The fraction of sp³-hybridized carbons (Fsp3) is 0.360. The molecular formula is C25H29ClN4O7S2. The number of amides is 1. The van der Waals surface area contributed by atoms with Gasteiger partial charge in [0, 0.05) is 24.2 Å². The maximum absolute atomic E-state index is 13.6. The molecule has 0 saturated carbocycles. The summed E-state index contributed by atoms with van der Waals surface area (Å²) >= 11 is 6.24. The number of halogens is 1. The van der Waals surface area contributed by atoms with Crippen molar-refractivity contribution < 1.29 is 32.0 Å². The molecule has 2 atom stereocenters. The topological polar surface area (TPSA) is 147 Å². The Bertz CT molecular complexity index is 1590. The molecule has 1 amide bonds. The largest absolute Gasteiger partial charge is 0.470 e. The summed E-state index contributed by atoms with van der Waals surface area (Å²) in [4.78, 5) is 19.8. The Kier molecular flexibility index (Phi) is 9.31. The number of aliphatic hydroxyl groups excluding tert-OH is 1. The van der Waals surface area contributed by atoms with Crippen LogP contribution in [0.25, 0.3) is 11.1 Å². The lowest BCUT2D eigenvalue weighted by molar-refractivity contribution is -0.119. The summed E-state index contributed by atoms with van der Waals surface area (Å²) in [6, 6.07) is 9.73. The third-order valence-electron chi connectivity index (χ3n) is 5.79. The highest BCUT2D eigenvalue weighted by atomic mass is 35.5. The van der Waals surface area contributed by atoms with Crippen LogP contribution in [0, 0.1) is 4.84 Å². The van der Waals surface area contributed by atoms with E-state index in [0.717, 1.165) is 0 Å². The average molecular weight is 597 g/mol. The number of hydrogen-bond donors (Lipinski definition) is 3. The van der Waals surface area contributed by atoms with Crippen molar-refractivity contribution in [3.05, 3.63) is 64.3 Å². The highest BCUT2D eigenvalue weighted by Gasteiger charge is 2.38. The molecule has 1 aliphatic rings. The van der Waals surface area contributed by atoms with Gasteiger partial charge in [0.2, 0.25) is 0 Å². The standard InChI is InChI=1S/C25H29ClN4O7S2/c1-3-18(36-16(2)31)15-19-23(32)30(22-8-4-5-11-27-22)24(28-19)38-25-29(12-6-7-13-39(33,34)35)20-14-17(26)9-10-21(20)37-25/h3-5,8-11,14,16,19,28,31H,6-7,12-13,15H2,1-2H3,(H,33,34,35). The van der Waals surface area contributed by atoms with Gasteiger partial charge >= 0.3 is 0 Å². The number of pyridine rings is 1. The lowest BCUT2D eigenvalue weighted by Gasteiger charge is -2.16. The van der Waals surface area contributed by atoms with Gasteiger partial charge in [-0.15, -0.1) is 0 Å². The molecular weight excluding hydrogens is 568 g/mol. The zero-order valence-electron chi connectivity index (χ0n) is 21.3. The second-order valence-electron chi connectivity index (χ2n) is 8.77. The van der Waals surface area contributed by atoms with Gasteiger partial charge in [-0.05, 0) is 74.0 Å². The lowest BCUT2D eigenvalue weighted by atomic mass is 10.1. The molecule has 2 aromatic heterocycles. The molecule has 3 aromatic rings. The van der Waals surface area contributed by atoms with E-state index in [2.05, 4.69) is 10.3 Å². The molecule has 0 spiro atoms. The van der Waals surface area contributed by atoms with Gasteiger partial charge < -0.3 is 14.3 Å². The van der Waals surface area contributed by atoms with Gasteiger partial charge in [0.25, 0.3) is 20.9 Å². The number of rotatable bonds is 10. The number of aromatic nitrogens is 2. The average Bonchev–Trinajstić information content (AvgIpc) is 3.37. The number of carbonyl (C=O) groups excluding carboxylic acids is 1. The Morgan fingerprint density at radius 1 is 1.33 bits per heavy atom. The maximum atomic E-state index is 13.6. The summed E-state index contributed by atoms with van der Waals surface area (Å²) in [7, 11) is -2.89.